The van der Waals surface area contributed by atoms with Crippen LogP contribution in [0.3, 0.4) is 0 Å². The third-order valence-corrected chi connectivity index (χ3v) is 5.52. The smallest absolute Gasteiger partial charge is 0.289 e. The number of nitrogens with one attached hydrogen (secondary N) is 1. The summed E-state index contributed by atoms with van der Waals surface area (Å²) in [5.74, 6) is -0.200. The molecule has 1 aliphatic rings. The summed E-state index contributed by atoms with van der Waals surface area (Å²) >= 11 is 0. The normalized spacial score (nSPS) is 16.1. The van der Waals surface area contributed by atoms with Gasteiger partial charge in [-0.3, -0.25) is 9.59 Å². The maximum Gasteiger partial charge on any atom is 0.289 e. The highest BCUT2D eigenvalue weighted by atomic mass is 32.2. The third kappa shape index (κ3) is 4.30. The van der Waals surface area contributed by atoms with Crippen LogP contribution in [-0.2, 0) is 14.8 Å². The van der Waals surface area contributed by atoms with Gasteiger partial charge in [-0.1, -0.05) is 0 Å². The second kappa shape index (κ2) is 7.32. The zero-order valence-electron chi connectivity index (χ0n) is 15.3. The predicted molar refractivity (Wildman–Crippen MR) is 99.5 cm³/mol. The van der Waals surface area contributed by atoms with Crippen LogP contribution in [0.1, 0.15) is 37.2 Å². The minimum absolute atomic E-state index is 0.0244. The van der Waals surface area contributed by atoms with Crippen LogP contribution in [0.2, 0.25) is 0 Å². The van der Waals surface area contributed by atoms with Crippen LogP contribution >= 0.6 is 0 Å². The van der Waals surface area contributed by atoms with Gasteiger partial charge in [0.1, 0.15) is 5.58 Å². The Hall–Kier alpha value is -2.39. The summed E-state index contributed by atoms with van der Waals surface area (Å²) in [7, 11) is -3.82. The molecule has 1 aliphatic heterocycles. The Labute approximate surface area is 157 Å². The number of carbonyl (C=O) groups is 2. The third-order valence-electron chi connectivity index (χ3n) is 4.61. The number of amides is 2. The fourth-order valence-electron chi connectivity index (χ4n) is 3.21. The predicted octanol–water partition coefficient (Wildman–Crippen LogP) is 1.46. The Morgan fingerprint density at radius 1 is 1.22 bits per heavy atom. The molecule has 0 radical (unpaired) electrons. The minimum atomic E-state index is -3.82. The van der Waals surface area contributed by atoms with Crippen molar-refractivity contribution in [3.8, 4) is 0 Å². The van der Waals surface area contributed by atoms with Crippen molar-refractivity contribution in [1.82, 2.24) is 10.2 Å². The standard InChI is InChI=1S/C18H23N3O5S/c1-11(2)20-17(22)12-5-7-21(8-6-12)18(23)16-10-13-9-14(27(19,24)25)3-4-15(13)26-16/h3-4,9-12H,5-8H2,1-2H3,(H,20,22)(H2,19,24,25). The van der Waals surface area contributed by atoms with Crippen LogP contribution in [0.5, 0.6) is 0 Å². The van der Waals surface area contributed by atoms with Gasteiger partial charge in [0.05, 0.1) is 4.90 Å². The van der Waals surface area contributed by atoms with Crippen LogP contribution in [0.15, 0.2) is 33.6 Å². The lowest BCUT2D eigenvalue weighted by atomic mass is 9.95. The first-order valence-electron chi connectivity index (χ1n) is 8.81. The Kier molecular flexibility index (Phi) is 5.25. The topological polar surface area (TPSA) is 123 Å². The quantitative estimate of drug-likeness (QED) is 0.814. The van der Waals surface area contributed by atoms with E-state index >= 15 is 0 Å². The lowest BCUT2D eigenvalue weighted by molar-refractivity contribution is -0.126. The molecule has 1 aromatic carbocycles. The summed E-state index contributed by atoms with van der Waals surface area (Å²) in [6.07, 6.45) is 1.19. The molecule has 1 saturated heterocycles. The molecule has 0 spiro atoms. The highest BCUT2D eigenvalue weighted by Gasteiger charge is 2.29. The summed E-state index contributed by atoms with van der Waals surface area (Å²) in [6.45, 7) is 4.77. The number of nitrogens with two attached hydrogens (primary N) is 1. The molecule has 0 atom stereocenters. The van der Waals surface area contributed by atoms with E-state index in [0.717, 1.165) is 0 Å². The average molecular weight is 393 g/mol. The van der Waals surface area contributed by atoms with Crippen LogP contribution < -0.4 is 10.5 Å². The number of nitrogens with zero attached hydrogens (tertiary/aromatic N) is 1. The lowest BCUT2D eigenvalue weighted by Gasteiger charge is -2.31. The number of piperidine rings is 1. The van der Waals surface area contributed by atoms with Crippen molar-refractivity contribution >= 4 is 32.8 Å². The average Bonchev–Trinajstić information content (AvgIpc) is 3.03. The molecule has 27 heavy (non-hydrogen) atoms. The summed E-state index contributed by atoms with van der Waals surface area (Å²) in [6, 6.07) is 5.81. The molecule has 3 rings (SSSR count). The molecular formula is C18H23N3O5S. The molecule has 0 unspecified atom stereocenters. The van der Waals surface area contributed by atoms with E-state index in [1.807, 2.05) is 13.8 Å². The van der Waals surface area contributed by atoms with Crippen molar-refractivity contribution in [2.45, 2.75) is 37.6 Å². The van der Waals surface area contributed by atoms with Gasteiger partial charge in [-0.15, -0.1) is 0 Å². The summed E-state index contributed by atoms with van der Waals surface area (Å²) < 4.78 is 28.5. The molecule has 3 N–H and O–H groups in total. The Morgan fingerprint density at radius 2 is 1.89 bits per heavy atom. The molecule has 8 nitrogen and oxygen atoms in total. The SMILES string of the molecule is CC(C)NC(=O)C1CCN(C(=O)c2cc3cc(S(N)(=O)=O)ccc3o2)CC1. The molecule has 0 aliphatic carbocycles. The fourth-order valence-corrected chi connectivity index (χ4v) is 3.76. The number of sulfonamides is 1. The number of hydrogen-bond donors (Lipinski definition) is 2. The Bertz CT molecular complexity index is 972. The van der Waals surface area contributed by atoms with E-state index in [2.05, 4.69) is 5.32 Å². The van der Waals surface area contributed by atoms with Crippen molar-refractivity contribution in [2.75, 3.05) is 13.1 Å². The molecule has 0 bridgehead atoms. The summed E-state index contributed by atoms with van der Waals surface area (Å²) in [4.78, 5) is 26.4. The summed E-state index contributed by atoms with van der Waals surface area (Å²) in [5.41, 5.74) is 0.414. The largest absolute Gasteiger partial charge is 0.451 e. The van der Waals surface area contributed by atoms with Crippen LogP contribution in [0, 0.1) is 5.92 Å². The summed E-state index contributed by atoms with van der Waals surface area (Å²) in [5, 5.41) is 8.53. The van der Waals surface area contributed by atoms with Crippen molar-refractivity contribution in [3.05, 3.63) is 30.0 Å². The number of primary sulfonamides is 1. The van der Waals surface area contributed by atoms with Gasteiger partial charge >= 0.3 is 0 Å². The molecule has 0 saturated carbocycles. The van der Waals surface area contributed by atoms with Crippen LogP contribution in [0.4, 0.5) is 0 Å². The first-order valence-corrected chi connectivity index (χ1v) is 10.4. The highest BCUT2D eigenvalue weighted by Crippen LogP contribution is 2.25. The monoisotopic (exact) mass is 393 g/mol. The Morgan fingerprint density at radius 3 is 2.48 bits per heavy atom. The highest BCUT2D eigenvalue weighted by molar-refractivity contribution is 7.89. The molecule has 1 aromatic heterocycles. The lowest BCUT2D eigenvalue weighted by Crippen LogP contribution is -2.44. The van der Waals surface area contributed by atoms with Gasteiger partial charge < -0.3 is 14.6 Å². The molecule has 2 heterocycles. The minimum Gasteiger partial charge on any atom is -0.451 e. The van der Waals surface area contributed by atoms with Gasteiger partial charge in [-0.05, 0) is 51.0 Å². The molecule has 2 aromatic rings. The molecule has 146 valence electrons. The first kappa shape index (κ1) is 19.4. The van der Waals surface area contributed by atoms with Crippen LogP contribution in [0.25, 0.3) is 11.0 Å². The maximum absolute atomic E-state index is 12.7. The van der Waals surface area contributed by atoms with Gasteiger partial charge in [0.2, 0.25) is 15.9 Å². The second-order valence-electron chi connectivity index (χ2n) is 7.09. The van der Waals surface area contributed by atoms with E-state index in [-0.39, 0.29) is 34.4 Å². The van der Waals surface area contributed by atoms with Gasteiger partial charge in [0, 0.05) is 30.4 Å². The van der Waals surface area contributed by atoms with Crippen LogP contribution in [-0.4, -0.2) is 44.3 Å². The van der Waals surface area contributed by atoms with E-state index in [0.29, 0.717) is 36.9 Å². The molecule has 2 amide bonds. The number of carbonyl (C=O) groups excluding carboxylic acids is 2. The second-order valence-corrected chi connectivity index (χ2v) is 8.65. The van der Waals surface area contributed by atoms with E-state index in [1.54, 1.807) is 4.90 Å². The van der Waals surface area contributed by atoms with Crippen molar-refractivity contribution in [1.29, 1.82) is 0 Å². The Balaban J connectivity index is 1.71. The zero-order chi connectivity index (χ0) is 19.8. The van der Waals surface area contributed by atoms with Crippen molar-refractivity contribution in [2.24, 2.45) is 11.1 Å². The zero-order valence-corrected chi connectivity index (χ0v) is 16.1. The first-order chi connectivity index (χ1) is 12.6. The van der Waals surface area contributed by atoms with Crippen molar-refractivity contribution in [3.63, 3.8) is 0 Å². The van der Waals surface area contributed by atoms with Crippen molar-refractivity contribution < 1.29 is 22.4 Å². The number of likely N-dealkylation sites (tertiary alicyclic amines) is 1. The number of furan rings is 1. The van der Waals surface area contributed by atoms with E-state index in [1.165, 1.54) is 24.3 Å². The van der Waals surface area contributed by atoms with Gasteiger partial charge in [-0.2, -0.15) is 0 Å². The van der Waals surface area contributed by atoms with Gasteiger partial charge in [0.25, 0.3) is 5.91 Å². The molecular weight excluding hydrogens is 370 g/mol. The fraction of sp³-hybridized carbons (Fsp3) is 0.444. The van der Waals surface area contributed by atoms with E-state index in [4.69, 9.17) is 9.56 Å². The maximum atomic E-state index is 12.7. The molecule has 9 heteroatoms. The van der Waals surface area contributed by atoms with E-state index < -0.39 is 10.0 Å². The number of fused-ring (bicyclic) bond motifs is 1. The number of rotatable bonds is 4. The van der Waals surface area contributed by atoms with Gasteiger partial charge in [0.15, 0.2) is 5.76 Å². The van der Waals surface area contributed by atoms with E-state index in [9.17, 15) is 18.0 Å². The number of benzene rings is 1. The van der Waals surface area contributed by atoms with Gasteiger partial charge in [-0.25, -0.2) is 13.6 Å². The molecule has 1 fully saturated rings. The number of hydrogen-bond acceptors (Lipinski definition) is 5.